The molecular weight excluding hydrogens is 452 g/mol. The number of halogens is 3. The van der Waals surface area contributed by atoms with Crippen LogP contribution >= 0.6 is 47.0 Å². The highest BCUT2D eigenvalue weighted by Crippen LogP contribution is 2.44. The Hall–Kier alpha value is -0.750. The number of rotatable bonds is 8. The summed E-state index contributed by atoms with van der Waals surface area (Å²) in [6.07, 6.45) is 0. The SMILES string of the molecule is ClCCNCCCl.O=P(O)(Oc1ccccc1)Oc1ccc(Br)cc1. The lowest BCUT2D eigenvalue weighted by molar-refractivity contribution is 0.291. The van der Waals surface area contributed by atoms with Crippen LogP contribution in [0.15, 0.2) is 59.1 Å². The van der Waals surface area contributed by atoms with Gasteiger partial charge >= 0.3 is 7.82 Å². The van der Waals surface area contributed by atoms with Crippen molar-refractivity contribution in [2.24, 2.45) is 0 Å². The van der Waals surface area contributed by atoms with Crippen molar-refractivity contribution in [2.75, 3.05) is 24.8 Å². The maximum absolute atomic E-state index is 11.7. The van der Waals surface area contributed by atoms with Gasteiger partial charge in [0.05, 0.1) is 0 Å². The maximum Gasteiger partial charge on any atom is 0.584 e. The van der Waals surface area contributed by atoms with Crippen LogP contribution in [-0.4, -0.2) is 29.7 Å². The fraction of sp³-hybridized carbons (Fsp3) is 0.250. The molecule has 0 radical (unpaired) electrons. The molecule has 0 bridgehead atoms. The highest BCUT2D eigenvalue weighted by Gasteiger charge is 2.24. The number of hydrogen-bond acceptors (Lipinski definition) is 4. The minimum atomic E-state index is -4.17. The molecule has 0 saturated carbocycles. The summed E-state index contributed by atoms with van der Waals surface area (Å²) in [7, 11) is -4.17. The summed E-state index contributed by atoms with van der Waals surface area (Å²) < 4.78 is 22.4. The molecule has 2 rings (SSSR count). The summed E-state index contributed by atoms with van der Waals surface area (Å²) in [5.74, 6) is 1.87. The Morgan fingerprint density at radius 1 is 0.920 bits per heavy atom. The van der Waals surface area contributed by atoms with E-state index in [2.05, 4.69) is 21.2 Å². The van der Waals surface area contributed by atoms with Gasteiger partial charge in [-0.15, -0.1) is 23.2 Å². The van der Waals surface area contributed by atoms with E-state index in [0.717, 1.165) is 17.6 Å². The third-order valence-corrected chi connectivity index (χ3v) is 4.33. The molecule has 0 heterocycles. The maximum atomic E-state index is 11.7. The van der Waals surface area contributed by atoms with Gasteiger partial charge < -0.3 is 14.4 Å². The first-order valence-electron chi connectivity index (χ1n) is 7.32. The van der Waals surface area contributed by atoms with Crippen LogP contribution < -0.4 is 14.4 Å². The van der Waals surface area contributed by atoms with Crippen molar-refractivity contribution >= 4 is 47.0 Å². The molecular formula is C16H19BrCl2NO4P. The number of para-hydroxylation sites is 1. The van der Waals surface area contributed by atoms with E-state index >= 15 is 0 Å². The van der Waals surface area contributed by atoms with Crippen molar-refractivity contribution in [3.05, 3.63) is 59.1 Å². The summed E-state index contributed by atoms with van der Waals surface area (Å²) in [6.45, 7) is 1.71. The highest BCUT2D eigenvalue weighted by molar-refractivity contribution is 9.10. The molecule has 0 aliphatic heterocycles. The first-order valence-corrected chi connectivity index (χ1v) is 10.7. The Morgan fingerprint density at radius 2 is 1.40 bits per heavy atom. The fourth-order valence-electron chi connectivity index (χ4n) is 1.52. The predicted molar refractivity (Wildman–Crippen MR) is 106 cm³/mol. The zero-order valence-electron chi connectivity index (χ0n) is 13.3. The number of benzene rings is 2. The zero-order valence-corrected chi connectivity index (χ0v) is 17.3. The number of nitrogens with one attached hydrogen (secondary N) is 1. The monoisotopic (exact) mass is 469 g/mol. The van der Waals surface area contributed by atoms with Crippen LogP contribution in [0, 0.1) is 0 Å². The topological polar surface area (TPSA) is 67.8 Å². The smallest absolute Gasteiger partial charge is 0.395 e. The van der Waals surface area contributed by atoms with Gasteiger partial charge in [0.1, 0.15) is 11.5 Å². The van der Waals surface area contributed by atoms with Gasteiger partial charge in [0.15, 0.2) is 0 Å². The number of hydrogen-bond donors (Lipinski definition) is 2. The number of alkyl halides is 2. The van der Waals surface area contributed by atoms with Crippen LogP contribution in [0.1, 0.15) is 0 Å². The average Bonchev–Trinajstić information content (AvgIpc) is 2.58. The lowest BCUT2D eigenvalue weighted by Crippen LogP contribution is -2.18. The third-order valence-electron chi connectivity index (χ3n) is 2.54. The van der Waals surface area contributed by atoms with Gasteiger partial charge in [0.25, 0.3) is 0 Å². The molecule has 0 fully saturated rings. The van der Waals surface area contributed by atoms with Crippen molar-refractivity contribution in [2.45, 2.75) is 0 Å². The van der Waals surface area contributed by atoms with E-state index in [4.69, 9.17) is 32.2 Å². The van der Waals surface area contributed by atoms with Crippen LogP contribution in [0.5, 0.6) is 11.5 Å². The van der Waals surface area contributed by atoms with E-state index in [1.54, 1.807) is 54.6 Å². The minimum Gasteiger partial charge on any atom is -0.395 e. The summed E-state index contributed by atoms with van der Waals surface area (Å²) in [5, 5.41) is 3.02. The minimum absolute atomic E-state index is 0.264. The zero-order chi connectivity index (χ0) is 18.5. The van der Waals surface area contributed by atoms with Crippen molar-refractivity contribution < 1.29 is 18.5 Å². The highest BCUT2D eigenvalue weighted by atomic mass is 79.9. The molecule has 0 saturated heterocycles. The second-order valence-corrected chi connectivity index (χ2v) is 7.52. The Kier molecular flexibility index (Phi) is 11.2. The number of phosphoric acid groups is 1. The molecule has 138 valence electrons. The first-order chi connectivity index (χ1) is 12.0. The lowest BCUT2D eigenvalue weighted by atomic mass is 10.3. The molecule has 5 nitrogen and oxygen atoms in total. The summed E-state index contributed by atoms with van der Waals surface area (Å²) >= 11 is 13.9. The first kappa shape index (κ1) is 22.3. The number of phosphoric ester groups is 1. The summed E-state index contributed by atoms with van der Waals surface area (Å²) in [5.41, 5.74) is 0. The Bertz CT molecular complexity index is 642. The van der Waals surface area contributed by atoms with Gasteiger partial charge in [-0.05, 0) is 36.4 Å². The van der Waals surface area contributed by atoms with Crippen molar-refractivity contribution in [3.63, 3.8) is 0 Å². The Morgan fingerprint density at radius 3 is 1.88 bits per heavy atom. The standard InChI is InChI=1S/C12H10BrO4P.C4H9Cl2N/c13-10-6-8-12(9-7-10)17-18(14,15)16-11-4-2-1-3-5-11;5-1-3-7-4-2-6/h1-9H,(H,14,15);7H,1-4H2. The molecule has 1 atom stereocenters. The molecule has 0 aliphatic carbocycles. The lowest BCUT2D eigenvalue weighted by Gasteiger charge is -2.13. The van der Waals surface area contributed by atoms with E-state index < -0.39 is 7.82 Å². The summed E-state index contributed by atoms with van der Waals surface area (Å²) in [4.78, 5) is 9.59. The largest absolute Gasteiger partial charge is 0.584 e. The summed E-state index contributed by atoms with van der Waals surface area (Å²) in [6, 6.07) is 14.9. The van der Waals surface area contributed by atoms with E-state index in [1.165, 1.54) is 0 Å². The molecule has 1 unspecified atom stereocenters. The second-order valence-electron chi connectivity index (χ2n) is 4.55. The fourth-order valence-corrected chi connectivity index (χ4v) is 2.87. The van der Waals surface area contributed by atoms with Crippen LogP contribution in [0.25, 0.3) is 0 Å². The average molecular weight is 471 g/mol. The van der Waals surface area contributed by atoms with E-state index in [-0.39, 0.29) is 11.5 Å². The van der Waals surface area contributed by atoms with Gasteiger partial charge in [-0.25, -0.2) is 4.57 Å². The van der Waals surface area contributed by atoms with E-state index in [1.807, 2.05) is 0 Å². The van der Waals surface area contributed by atoms with Crippen molar-refractivity contribution in [1.82, 2.24) is 5.32 Å². The molecule has 2 aromatic carbocycles. The van der Waals surface area contributed by atoms with Gasteiger partial charge in [0, 0.05) is 29.3 Å². The van der Waals surface area contributed by atoms with Crippen molar-refractivity contribution in [3.8, 4) is 11.5 Å². The molecule has 25 heavy (non-hydrogen) atoms. The molecule has 0 aliphatic rings. The van der Waals surface area contributed by atoms with Gasteiger partial charge in [0.2, 0.25) is 0 Å². The van der Waals surface area contributed by atoms with E-state index in [0.29, 0.717) is 11.8 Å². The predicted octanol–water partition coefficient (Wildman–Crippen LogP) is 5.06. The van der Waals surface area contributed by atoms with Crippen LogP contribution in [0.3, 0.4) is 0 Å². The Labute approximate surface area is 166 Å². The molecule has 0 spiro atoms. The quantitative estimate of drug-likeness (QED) is 0.320. The van der Waals surface area contributed by atoms with Gasteiger partial charge in [-0.1, -0.05) is 34.1 Å². The molecule has 0 aromatic heterocycles. The van der Waals surface area contributed by atoms with Crippen LogP contribution in [0.4, 0.5) is 0 Å². The van der Waals surface area contributed by atoms with Crippen molar-refractivity contribution in [1.29, 1.82) is 0 Å². The normalized spacial score (nSPS) is 12.5. The molecule has 0 amide bonds. The second kappa shape index (κ2) is 12.6. The van der Waals surface area contributed by atoms with E-state index in [9.17, 15) is 9.46 Å². The molecule has 2 aromatic rings. The van der Waals surface area contributed by atoms with Crippen LogP contribution in [-0.2, 0) is 4.57 Å². The molecule has 2 N–H and O–H groups in total. The third kappa shape index (κ3) is 10.8. The van der Waals surface area contributed by atoms with Crippen LogP contribution in [0.2, 0.25) is 0 Å². The Balaban J connectivity index is 0.000000381. The van der Waals surface area contributed by atoms with Gasteiger partial charge in [-0.3, -0.25) is 4.89 Å². The molecule has 9 heteroatoms. The van der Waals surface area contributed by atoms with Gasteiger partial charge in [-0.2, -0.15) is 0 Å².